The molecule has 0 saturated carbocycles. The number of carbonyl (C=O) groups is 1. The summed E-state index contributed by atoms with van der Waals surface area (Å²) < 4.78 is 32.1. The Kier molecular flexibility index (Phi) is 6.63. The summed E-state index contributed by atoms with van der Waals surface area (Å²) >= 11 is 0. The van der Waals surface area contributed by atoms with Crippen LogP contribution in [0.15, 0.2) is 53.4 Å². The molecule has 29 heavy (non-hydrogen) atoms. The third-order valence-electron chi connectivity index (χ3n) is 3.96. The van der Waals surface area contributed by atoms with E-state index in [4.69, 9.17) is 4.74 Å². The molecule has 2 aromatic carbocycles. The summed E-state index contributed by atoms with van der Waals surface area (Å²) in [6.07, 6.45) is -0.789. The van der Waals surface area contributed by atoms with Gasteiger partial charge in [-0.05, 0) is 51.8 Å². The van der Waals surface area contributed by atoms with Crippen molar-refractivity contribution in [3.8, 4) is 0 Å². The van der Waals surface area contributed by atoms with Gasteiger partial charge in [0.05, 0.1) is 9.82 Å². The molecule has 0 saturated heterocycles. The summed E-state index contributed by atoms with van der Waals surface area (Å²) in [5.41, 5.74) is 0.609. The molecular weight excluding hydrogens is 396 g/mol. The third-order valence-corrected chi connectivity index (χ3v) is 5.74. The molecule has 0 atom stereocenters. The first kappa shape index (κ1) is 22.4. The molecular formula is C20H24N2O6S. The van der Waals surface area contributed by atoms with Gasteiger partial charge in [0, 0.05) is 18.7 Å². The Balaban J connectivity index is 2.30. The zero-order valence-electron chi connectivity index (χ0n) is 16.8. The Morgan fingerprint density at radius 3 is 2.10 bits per heavy atom. The van der Waals surface area contributed by atoms with Crippen molar-refractivity contribution < 1.29 is 22.9 Å². The number of rotatable bonds is 6. The molecule has 156 valence electrons. The van der Waals surface area contributed by atoms with Crippen LogP contribution in [0.2, 0.25) is 0 Å². The van der Waals surface area contributed by atoms with Crippen LogP contribution in [0, 0.1) is 17.0 Å². The van der Waals surface area contributed by atoms with E-state index in [1.54, 1.807) is 32.9 Å². The first-order valence-electron chi connectivity index (χ1n) is 8.96. The standard InChI is InChI=1S/C20H24N2O6S/c1-15-5-11-18(12-6-15)29(26,27)21(19(23)28-20(2,3)4)14-13-16-7-9-17(10-8-16)22(24)25/h5-12H,13-14H2,1-4H3. The highest BCUT2D eigenvalue weighted by Crippen LogP contribution is 2.21. The molecule has 0 aliphatic carbocycles. The minimum Gasteiger partial charge on any atom is -0.443 e. The highest BCUT2D eigenvalue weighted by atomic mass is 32.2. The van der Waals surface area contributed by atoms with E-state index in [0.29, 0.717) is 9.87 Å². The fraction of sp³-hybridized carbons (Fsp3) is 0.350. The summed E-state index contributed by atoms with van der Waals surface area (Å²) in [6.45, 7) is 6.62. The molecule has 0 N–H and O–H groups in total. The van der Waals surface area contributed by atoms with Gasteiger partial charge in [0.2, 0.25) is 0 Å². The second-order valence-corrected chi connectivity index (χ2v) is 9.41. The first-order valence-corrected chi connectivity index (χ1v) is 10.4. The zero-order chi connectivity index (χ0) is 21.8. The van der Waals surface area contributed by atoms with E-state index in [0.717, 1.165) is 5.56 Å². The largest absolute Gasteiger partial charge is 0.443 e. The van der Waals surface area contributed by atoms with Crippen LogP contribution in [0.4, 0.5) is 10.5 Å². The van der Waals surface area contributed by atoms with Crippen LogP contribution in [-0.4, -0.2) is 35.9 Å². The molecule has 8 nitrogen and oxygen atoms in total. The van der Waals surface area contributed by atoms with Gasteiger partial charge in [0.1, 0.15) is 5.60 Å². The predicted octanol–water partition coefficient (Wildman–Crippen LogP) is 4.07. The van der Waals surface area contributed by atoms with Crippen molar-refractivity contribution in [2.45, 2.75) is 44.6 Å². The molecule has 0 spiro atoms. The average molecular weight is 420 g/mol. The Labute approximate surface area is 170 Å². The maximum absolute atomic E-state index is 13.1. The summed E-state index contributed by atoms with van der Waals surface area (Å²) in [5.74, 6) is 0. The molecule has 0 fully saturated rings. The summed E-state index contributed by atoms with van der Waals surface area (Å²) in [7, 11) is -4.13. The van der Waals surface area contributed by atoms with Crippen molar-refractivity contribution in [1.82, 2.24) is 4.31 Å². The Bertz CT molecular complexity index is 977. The summed E-state index contributed by atoms with van der Waals surface area (Å²) in [4.78, 5) is 22.9. The second-order valence-electron chi connectivity index (χ2n) is 7.54. The number of nitro benzene ring substituents is 1. The first-order chi connectivity index (χ1) is 13.4. The maximum Gasteiger partial charge on any atom is 0.424 e. The van der Waals surface area contributed by atoms with Gasteiger partial charge in [0.25, 0.3) is 15.7 Å². The molecule has 0 bridgehead atoms. The van der Waals surface area contributed by atoms with Crippen molar-refractivity contribution >= 4 is 21.8 Å². The fourth-order valence-electron chi connectivity index (χ4n) is 2.47. The molecule has 0 aliphatic heterocycles. The van der Waals surface area contributed by atoms with E-state index in [2.05, 4.69) is 0 Å². The van der Waals surface area contributed by atoms with Crippen LogP contribution >= 0.6 is 0 Å². The molecule has 0 aromatic heterocycles. The number of aryl methyl sites for hydroxylation is 1. The lowest BCUT2D eigenvalue weighted by molar-refractivity contribution is -0.384. The normalized spacial score (nSPS) is 11.7. The number of sulfonamides is 1. The quantitative estimate of drug-likeness (QED) is 0.515. The van der Waals surface area contributed by atoms with Crippen LogP contribution in [0.5, 0.6) is 0 Å². The van der Waals surface area contributed by atoms with Gasteiger partial charge in [-0.15, -0.1) is 0 Å². The van der Waals surface area contributed by atoms with E-state index in [1.807, 2.05) is 6.92 Å². The number of ether oxygens (including phenoxy) is 1. The van der Waals surface area contributed by atoms with Crippen LogP contribution in [-0.2, 0) is 21.2 Å². The molecule has 0 heterocycles. The number of nitro groups is 1. The number of hydrogen-bond donors (Lipinski definition) is 0. The lowest BCUT2D eigenvalue weighted by Crippen LogP contribution is -2.41. The predicted molar refractivity (Wildman–Crippen MR) is 108 cm³/mol. The van der Waals surface area contributed by atoms with Crippen molar-refractivity contribution in [1.29, 1.82) is 0 Å². The highest BCUT2D eigenvalue weighted by Gasteiger charge is 2.32. The zero-order valence-corrected chi connectivity index (χ0v) is 17.6. The van der Waals surface area contributed by atoms with E-state index < -0.39 is 26.6 Å². The topological polar surface area (TPSA) is 107 Å². The Morgan fingerprint density at radius 1 is 1.07 bits per heavy atom. The van der Waals surface area contributed by atoms with E-state index in [-0.39, 0.29) is 23.5 Å². The smallest absolute Gasteiger partial charge is 0.424 e. The van der Waals surface area contributed by atoms with Crippen molar-refractivity contribution in [2.75, 3.05) is 6.54 Å². The Morgan fingerprint density at radius 2 is 1.62 bits per heavy atom. The van der Waals surface area contributed by atoms with Gasteiger partial charge in [-0.25, -0.2) is 17.5 Å². The SMILES string of the molecule is Cc1ccc(S(=O)(=O)N(CCc2ccc([N+](=O)[O-])cc2)C(=O)OC(C)(C)C)cc1. The molecule has 0 aliphatic rings. The maximum atomic E-state index is 13.1. The lowest BCUT2D eigenvalue weighted by atomic mass is 10.1. The van der Waals surface area contributed by atoms with Gasteiger partial charge in [-0.3, -0.25) is 10.1 Å². The van der Waals surface area contributed by atoms with Crippen molar-refractivity contribution in [2.24, 2.45) is 0 Å². The van der Waals surface area contributed by atoms with Gasteiger partial charge in [-0.2, -0.15) is 0 Å². The molecule has 1 amide bonds. The van der Waals surface area contributed by atoms with Gasteiger partial charge in [-0.1, -0.05) is 29.8 Å². The number of benzene rings is 2. The summed E-state index contributed by atoms with van der Waals surface area (Å²) in [5, 5.41) is 10.8. The highest BCUT2D eigenvalue weighted by molar-refractivity contribution is 7.89. The van der Waals surface area contributed by atoms with Crippen molar-refractivity contribution in [3.63, 3.8) is 0 Å². The van der Waals surface area contributed by atoms with Crippen molar-refractivity contribution in [3.05, 3.63) is 69.8 Å². The van der Waals surface area contributed by atoms with Crippen LogP contribution < -0.4 is 0 Å². The van der Waals surface area contributed by atoms with Crippen LogP contribution in [0.3, 0.4) is 0 Å². The fourth-order valence-corrected chi connectivity index (χ4v) is 3.77. The number of amides is 1. The number of nitrogens with zero attached hydrogens (tertiary/aromatic N) is 2. The molecule has 0 unspecified atom stereocenters. The lowest BCUT2D eigenvalue weighted by Gasteiger charge is -2.27. The third kappa shape index (κ3) is 6.02. The minimum atomic E-state index is -4.13. The monoisotopic (exact) mass is 420 g/mol. The van der Waals surface area contributed by atoms with Gasteiger partial charge < -0.3 is 4.74 Å². The summed E-state index contributed by atoms with van der Waals surface area (Å²) in [6, 6.07) is 11.9. The minimum absolute atomic E-state index is 0.0161. The van der Waals surface area contributed by atoms with E-state index in [9.17, 15) is 23.3 Å². The Hall–Kier alpha value is -2.94. The number of carbonyl (C=O) groups excluding carboxylic acids is 1. The van der Waals surface area contributed by atoms with Crippen LogP contribution in [0.25, 0.3) is 0 Å². The molecule has 9 heteroatoms. The molecule has 0 radical (unpaired) electrons. The average Bonchev–Trinajstić information content (AvgIpc) is 2.61. The number of hydrogen-bond acceptors (Lipinski definition) is 6. The van der Waals surface area contributed by atoms with Gasteiger partial charge >= 0.3 is 6.09 Å². The molecule has 2 aromatic rings. The van der Waals surface area contributed by atoms with E-state index in [1.165, 1.54) is 36.4 Å². The number of non-ortho nitro benzene ring substituents is 1. The van der Waals surface area contributed by atoms with Crippen LogP contribution in [0.1, 0.15) is 31.9 Å². The van der Waals surface area contributed by atoms with E-state index >= 15 is 0 Å². The van der Waals surface area contributed by atoms with Gasteiger partial charge in [0.15, 0.2) is 0 Å². The second kappa shape index (κ2) is 8.60. The molecule has 2 rings (SSSR count).